The maximum atomic E-state index is 11.9. The van der Waals surface area contributed by atoms with Crippen LogP contribution in [-0.2, 0) is 4.84 Å². The van der Waals surface area contributed by atoms with Crippen LogP contribution in [0.3, 0.4) is 0 Å². The van der Waals surface area contributed by atoms with E-state index < -0.39 is 11.9 Å². The molecule has 1 amide bonds. The quantitative estimate of drug-likeness (QED) is 0.328. The van der Waals surface area contributed by atoms with Gasteiger partial charge in [-0.1, -0.05) is 0 Å². The topological polar surface area (TPSA) is 93.0 Å². The van der Waals surface area contributed by atoms with Gasteiger partial charge < -0.3 is 4.84 Å². The standard InChI is InChI=1S/C19H13IN4O3/c20-15-3-1-14(2-4-15)19(26)27-24-17-7-5-16(6-8-17)22-23-18(25)13-9-11-21-12-10-13/h1-12,24H. The fraction of sp³-hybridized carbons (Fsp3) is 0. The van der Waals surface area contributed by atoms with E-state index in [9.17, 15) is 9.59 Å². The van der Waals surface area contributed by atoms with Crippen LogP contribution in [0.1, 0.15) is 20.7 Å². The van der Waals surface area contributed by atoms with E-state index in [0.717, 1.165) is 3.57 Å². The van der Waals surface area contributed by atoms with Gasteiger partial charge in [-0.05, 0) is 83.3 Å². The maximum Gasteiger partial charge on any atom is 0.362 e. The van der Waals surface area contributed by atoms with Crippen molar-refractivity contribution in [3.8, 4) is 0 Å². The predicted octanol–water partition coefficient (Wildman–Crippen LogP) is 4.79. The van der Waals surface area contributed by atoms with Gasteiger partial charge in [0.2, 0.25) is 0 Å². The first-order chi connectivity index (χ1) is 13.1. The second-order valence-electron chi connectivity index (χ2n) is 5.29. The third-order valence-corrected chi connectivity index (χ3v) is 4.11. The summed E-state index contributed by atoms with van der Waals surface area (Å²) in [6.45, 7) is 0. The van der Waals surface area contributed by atoms with Crippen molar-refractivity contribution in [2.75, 3.05) is 5.48 Å². The summed E-state index contributed by atoms with van der Waals surface area (Å²) in [7, 11) is 0. The number of halogens is 1. The molecule has 0 aliphatic heterocycles. The molecule has 0 aliphatic carbocycles. The summed E-state index contributed by atoms with van der Waals surface area (Å²) < 4.78 is 1.03. The van der Waals surface area contributed by atoms with Crippen LogP contribution in [0.2, 0.25) is 0 Å². The number of carbonyl (C=O) groups is 2. The van der Waals surface area contributed by atoms with E-state index in [1.807, 2.05) is 12.1 Å². The molecule has 3 rings (SSSR count). The zero-order valence-corrected chi connectivity index (χ0v) is 16.0. The van der Waals surface area contributed by atoms with Crippen molar-refractivity contribution in [3.63, 3.8) is 0 Å². The minimum Gasteiger partial charge on any atom is -0.338 e. The number of azo groups is 1. The largest absolute Gasteiger partial charge is 0.362 e. The number of amides is 1. The highest BCUT2D eigenvalue weighted by atomic mass is 127. The van der Waals surface area contributed by atoms with Crippen molar-refractivity contribution in [1.82, 2.24) is 4.98 Å². The number of nitrogens with one attached hydrogen (secondary N) is 1. The van der Waals surface area contributed by atoms with Gasteiger partial charge in [0, 0.05) is 21.5 Å². The molecule has 0 bridgehead atoms. The highest BCUT2D eigenvalue weighted by molar-refractivity contribution is 14.1. The Hall–Kier alpha value is -3.14. The molecule has 1 aromatic heterocycles. The Balaban J connectivity index is 1.55. The molecule has 27 heavy (non-hydrogen) atoms. The number of nitrogens with zero attached hydrogens (tertiary/aromatic N) is 3. The normalized spacial score (nSPS) is 10.6. The summed E-state index contributed by atoms with van der Waals surface area (Å²) in [6.07, 6.45) is 3.03. The average Bonchev–Trinajstić information content (AvgIpc) is 2.72. The van der Waals surface area contributed by atoms with Gasteiger partial charge in [0.25, 0.3) is 5.91 Å². The van der Waals surface area contributed by atoms with Gasteiger partial charge in [0.05, 0.1) is 16.9 Å². The number of rotatable bonds is 5. The van der Waals surface area contributed by atoms with Crippen LogP contribution < -0.4 is 5.48 Å². The number of hydrogen-bond acceptors (Lipinski definition) is 6. The Morgan fingerprint density at radius 3 is 2.22 bits per heavy atom. The molecule has 0 saturated carbocycles. The molecule has 1 heterocycles. The number of pyridine rings is 1. The monoisotopic (exact) mass is 472 g/mol. The van der Waals surface area contributed by atoms with Crippen LogP contribution >= 0.6 is 22.6 Å². The van der Waals surface area contributed by atoms with E-state index in [-0.39, 0.29) is 0 Å². The summed E-state index contributed by atoms with van der Waals surface area (Å²) in [5.41, 5.74) is 4.49. The maximum absolute atomic E-state index is 11.9. The van der Waals surface area contributed by atoms with E-state index in [1.165, 1.54) is 12.4 Å². The second-order valence-corrected chi connectivity index (χ2v) is 6.53. The van der Waals surface area contributed by atoms with Crippen LogP contribution in [0.4, 0.5) is 11.4 Å². The Kier molecular flexibility index (Phi) is 6.21. The van der Waals surface area contributed by atoms with Gasteiger partial charge in [-0.25, -0.2) is 10.3 Å². The summed E-state index contributed by atoms with van der Waals surface area (Å²) in [6, 6.07) is 16.8. The zero-order chi connectivity index (χ0) is 19.1. The van der Waals surface area contributed by atoms with Crippen LogP contribution in [0, 0.1) is 3.57 Å². The first-order valence-electron chi connectivity index (χ1n) is 7.81. The third-order valence-electron chi connectivity index (χ3n) is 3.39. The minimum atomic E-state index is -0.488. The van der Waals surface area contributed by atoms with Gasteiger partial charge in [0.15, 0.2) is 0 Å². The second kappa shape index (κ2) is 8.99. The van der Waals surface area contributed by atoms with Gasteiger partial charge in [-0.3, -0.25) is 9.78 Å². The van der Waals surface area contributed by atoms with Crippen molar-refractivity contribution in [2.45, 2.75) is 0 Å². The highest BCUT2D eigenvalue weighted by Crippen LogP contribution is 2.18. The zero-order valence-electron chi connectivity index (χ0n) is 13.9. The van der Waals surface area contributed by atoms with Gasteiger partial charge in [0.1, 0.15) is 0 Å². The summed E-state index contributed by atoms with van der Waals surface area (Å²) in [5, 5.41) is 7.56. The molecule has 0 radical (unpaired) electrons. The lowest BCUT2D eigenvalue weighted by Crippen LogP contribution is -2.10. The van der Waals surface area contributed by atoms with Crippen molar-refractivity contribution in [2.24, 2.45) is 10.2 Å². The lowest BCUT2D eigenvalue weighted by molar-refractivity contribution is 0.0596. The number of carbonyl (C=O) groups excluding carboxylic acids is 2. The van der Waals surface area contributed by atoms with Crippen LogP contribution in [0.25, 0.3) is 0 Å². The molecule has 0 aliphatic rings. The molecule has 0 saturated heterocycles. The van der Waals surface area contributed by atoms with E-state index >= 15 is 0 Å². The first-order valence-corrected chi connectivity index (χ1v) is 8.88. The molecular weight excluding hydrogens is 459 g/mol. The van der Waals surface area contributed by atoms with E-state index in [2.05, 4.69) is 43.3 Å². The van der Waals surface area contributed by atoms with Crippen molar-refractivity contribution in [3.05, 3.63) is 87.8 Å². The molecule has 0 unspecified atom stereocenters. The van der Waals surface area contributed by atoms with Crippen LogP contribution in [0.5, 0.6) is 0 Å². The molecule has 7 nitrogen and oxygen atoms in total. The van der Waals surface area contributed by atoms with E-state index in [4.69, 9.17) is 4.84 Å². The van der Waals surface area contributed by atoms with Crippen LogP contribution in [0.15, 0.2) is 83.3 Å². The lowest BCUT2D eigenvalue weighted by atomic mass is 10.2. The summed E-state index contributed by atoms with van der Waals surface area (Å²) >= 11 is 2.16. The SMILES string of the molecule is O=C(N=Nc1ccc(NOC(=O)c2ccc(I)cc2)cc1)c1ccncc1. The lowest BCUT2D eigenvalue weighted by Gasteiger charge is -2.07. The van der Waals surface area contributed by atoms with Crippen molar-refractivity contribution in [1.29, 1.82) is 0 Å². The number of hydrogen-bond donors (Lipinski definition) is 1. The van der Waals surface area contributed by atoms with Crippen LogP contribution in [-0.4, -0.2) is 16.9 Å². The molecule has 0 spiro atoms. The Morgan fingerprint density at radius 1 is 0.889 bits per heavy atom. The van der Waals surface area contributed by atoms with Crippen molar-refractivity contribution < 1.29 is 14.4 Å². The first kappa shape index (κ1) is 18.6. The van der Waals surface area contributed by atoms with E-state index in [1.54, 1.807) is 48.5 Å². The molecule has 0 fully saturated rings. The molecular formula is C19H13IN4O3. The highest BCUT2D eigenvalue weighted by Gasteiger charge is 2.07. The van der Waals surface area contributed by atoms with E-state index in [0.29, 0.717) is 22.5 Å². The Morgan fingerprint density at radius 2 is 1.56 bits per heavy atom. The Bertz CT molecular complexity index is 959. The molecule has 1 N–H and O–H groups in total. The van der Waals surface area contributed by atoms with Gasteiger partial charge >= 0.3 is 5.97 Å². The molecule has 2 aromatic carbocycles. The van der Waals surface area contributed by atoms with Crippen molar-refractivity contribution >= 4 is 45.8 Å². The molecule has 8 heteroatoms. The smallest absolute Gasteiger partial charge is 0.338 e. The predicted molar refractivity (Wildman–Crippen MR) is 108 cm³/mol. The number of aromatic nitrogens is 1. The molecule has 3 aromatic rings. The number of benzene rings is 2. The molecule has 134 valence electrons. The third kappa shape index (κ3) is 5.42. The minimum absolute atomic E-state index is 0.412. The van der Waals surface area contributed by atoms with Gasteiger partial charge in [-0.2, -0.15) is 0 Å². The fourth-order valence-electron chi connectivity index (χ4n) is 2.00. The molecule has 0 atom stereocenters. The fourth-order valence-corrected chi connectivity index (χ4v) is 2.36. The summed E-state index contributed by atoms with van der Waals surface area (Å²) in [4.78, 5) is 32.7. The average molecular weight is 472 g/mol. The summed E-state index contributed by atoms with van der Waals surface area (Å²) in [5.74, 6) is -0.941. The Labute approximate surface area is 168 Å². The number of anilines is 1. The van der Waals surface area contributed by atoms with Gasteiger partial charge in [-0.15, -0.1) is 10.2 Å².